The third kappa shape index (κ3) is 4.90. The zero-order chi connectivity index (χ0) is 20.1. The van der Waals surface area contributed by atoms with Crippen molar-refractivity contribution in [2.24, 2.45) is 0 Å². The summed E-state index contributed by atoms with van der Waals surface area (Å²) in [5.74, 6) is -0.166. The van der Waals surface area contributed by atoms with Gasteiger partial charge in [-0.05, 0) is 34.5 Å². The second kappa shape index (κ2) is 8.73. The minimum Gasteiger partial charge on any atom is -0.341 e. The fraction of sp³-hybridized carbons (Fsp3) is 0.190. The van der Waals surface area contributed by atoms with E-state index in [1.807, 2.05) is 42.5 Å². The molecule has 0 atom stereocenters. The number of nitrogens with one attached hydrogen (secondary N) is 1. The molecule has 0 aliphatic carbocycles. The first-order valence-corrected chi connectivity index (χ1v) is 10.7. The van der Waals surface area contributed by atoms with Crippen LogP contribution in [0.4, 0.5) is 0 Å². The average Bonchev–Trinajstić information content (AvgIpc) is 2.69. The van der Waals surface area contributed by atoms with Crippen LogP contribution in [0.1, 0.15) is 12.0 Å². The topological polar surface area (TPSA) is 66.5 Å². The van der Waals surface area contributed by atoms with Gasteiger partial charge >= 0.3 is 0 Å². The van der Waals surface area contributed by atoms with E-state index in [0.29, 0.717) is 11.6 Å². The first-order valence-electron chi connectivity index (χ1n) is 8.83. The first-order chi connectivity index (χ1) is 13.4. The molecule has 0 fully saturated rings. The summed E-state index contributed by atoms with van der Waals surface area (Å²) in [6, 6.07) is 19.8. The van der Waals surface area contributed by atoms with E-state index < -0.39 is 10.0 Å². The van der Waals surface area contributed by atoms with Crippen molar-refractivity contribution in [1.29, 1.82) is 0 Å². The molecule has 3 rings (SSSR count). The molecule has 1 amide bonds. The molecule has 28 heavy (non-hydrogen) atoms. The Morgan fingerprint density at radius 3 is 2.43 bits per heavy atom. The van der Waals surface area contributed by atoms with Gasteiger partial charge in [0.05, 0.1) is 4.90 Å². The Morgan fingerprint density at radius 1 is 1.00 bits per heavy atom. The van der Waals surface area contributed by atoms with Gasteiger partial charge in [-0.2, -0.15) is 0 Å². The SMILES string of the molecule is CN(Cc1ccccc1Cl)C(=O)CCNS(=O)(=O)c1ccc2ccccc2c1. The van der Waals surface area contributed by atoms with Crippen LogP contribution >= 0.6 is 11.6 Å². The molecule has 1 N–H and O–H groups in total. The summed E-state index contributed by atoms with van der Waals surface area (Å²) in [6.07, 6.45) is 0.0633. The van der Waals surface area contributed by atoms with E-state index in [4.69, 9.17) is 11.6 Å². The molecule has 5 nitrogen and oxygen atoms in total. The van der Waals surface area contributed by atoms with Gasteiger partial charge in [0.2, 0.25) is 15.9 Å². The van der Waals surface area contributed by atoms with E-state index in [0.717, 1.165) is 16.3 Å². The molecule has 7 heteroatoms. The Hall–Kier alpha value is -2.41. The summed E-state index contributed by atoms with van der Waals surface area (Å²) in [7, 11) is -2.01. The number of carbonyl (C=O) groups is 1. The second-order valence-electron chi connectivity index (χ2n) is 6.50. The number of halogens is 1. The molecule has 146 valence electrons. The Bertz CT molecular complexity index is 1100. The van der Waals surface area contributed by atoms with Gasteiger partial charge in [-0.1, -0.05) is 60.1 Å². The number of hydrogen-bond acceptors (Lipinski definition) is 3. The highest BCUT2D eigenvalue weighted by atomic mass is 35.5. The van der Waals surface area contributed by atoms with Crippen LogP contribution in [0.2, 0.25) is 5.02 Å². The summed E-state index contributed by atoms with van der Waals surface area (Å²) >= 11 is 6.12. The van der Waals surface area contributed by atoms with Crippen molar-refractivity contribution in [2.45, 2.75) is 17.9 Å². The van der Waals surface area contributed by atoms with E-state index in [-0.39, 0.29) is 23.8 Å². The molecular formula is C21H21ClN2O3S. The highest BCUT2D eigenvalue weighted by molar-refractivity contribution is 7.89. The van der Waals surface area contributed by atoms with Crippen molar-refractivity contribution in [1.82, 2.24) is 9.62 Å². The molecule has 0 bridgehead atoms. The predicted molar refractivity (Wildman–Crippen MR) is 112 cm³/mol. The summed E-state index contributed by atoms with van der Waals surface area (Å²) < 4.78 is 27.5. The third-order valence-corrected chi connectivity index (χ3v) is 6.28. The number of hydrogen-bond donors (Lipinski definition) is 1. The highest BCUT2D eigenvalue weighted by Gasteiger charge is 2.16. The molecule has 3 aromatic rings. The normalized spacial score (nSPS) is 11.5. The van der Waals surface area contributed by atoms with Crippen molar-refractivity contribution in [3.63, 3.8) is 0 Å². The zero-order valence-electron chi connectivity index (χ0n) is 15.4. The van der Waals surface area contributed by atoms with Gasteiger partial charge in [0.1, 0.15) is 0 Å². The van der Waals surface area contributed by atoms with E-state index in [1.54, 1.807) is 31.3 Å². The Balaban J connectivity index is 1.58. The van der Waals surface area contributed by atoms with Crippen molar-refractivity contribution in [3.8, 4) is 0 Å². The minimum atomic E-state index is -3.68. The minimum absolute atomic E-state index is 0.0286. The zero-order valence-corrected chi connectivity index (χ0v) is 17.0. The molecule has 0 unspecified atom stereocenters. The van der Waals surface area contributed by atoms with Crippen LogP contribution in [0.3, 0.4) is 0 Å². The summed E-state index contributed by atoms with van der Waals surface area (Å²) in [5.41, 5.74) is 0.844. The summed E-state index contributed by atoms with van der Waals surface area (Å²) in [5, 5.41) is 2.41. The molecule has 0 aliphatic heterocycles. The molecule has 0 radical (unpaired) electrons. The largest absolute Gasteiger partial charge is 0.341 e. The van der Waals surface area contributed by atoms with Crippen LogP contribution in [0.25, 0.3) is 10.8 Å². The maximum atomic E-state index is 12.5. The Morgan fingerprint density at radius 2 is 1.68 bits per heavy atom. The lowest BCUT2D eigenvalue weighted by Crippen LogP contribution is -2.32. The Kier molecular flexibility index (Phi) is 6.34. The van der Waals surface area contributed by atoms with Crippen LogP contribution in [0, 0.1) is 0 Å². The van der Waals surface area contributed by atoms with E-state index in [2.05, 4.69) is 4.72 Å². The molecule has 0 saturated heterocycles. The third-order valence-electron chi connectivity index (χ3n) is 4.45. The number of nitrogens with zero attached hydrogens (tertiary/aromatic N) is 1. The first kappa shape index (κ1) is 20.3. The fourth-order valence-electron chi connectivity index (χ4n) is 2.87. The predicted octanol–water partition coefficient (Wildman–Crippen LogP) is 3.82. The van der Waals surface area contributed by atoms with Crippen molar-refractivity contribution in [3.05, 3.63) is 77.3 Å². The number of sulfonamides is 1. The standard InChI is InChI=1S/C21H21ClN2O3S/c1-24(15-18-8-4-5-9-20(18)22)21(25)12-13-23-28(26,27)19-11-10-16-6-2-3-7-17(16)14-19/h2-11,14,23H,12-13,15H2,1H3. The van der Waals surface area contributed by atoms with Gasteiger partial charge in [0.25, 0.3) is 0 Å². The van der Waals surface area contributed by atoms with Gasteiger partial charge in [-0.3, -0.25) is 4.79 Å². The molecular weight excluding hydrogens is 396 g/mol. The van der Waals surface area contributed by atoms with E-state index in [1.165, 1.54) is 4.90 Å². The Labute approximate surface area is 170 Å². The van der Waals surface area contributed by atoms with Gasteiger partial charge in [-0.15, -0.1) is 0 Å². The number of fused-ring (bicyclic) bond motifs is 1. The number of benzene rings is 3. The number of rotatable bonds is 7. The van der Waals surface area contributed by atoms with Crippen LogP contribution < -0.4 is 4.72 Å². The molecule has 0 aliphatic rings. The maximum absolute atomic E-state index is 12.5. The van der Waals surface area contributed by atoms with Crippen LogP contribution in [-0.4, -0.2) is 32.8 Å². The lowest BCUT2D eigenvalue weighted by atomic mass is 10.1. The smallest absolute Gasteiger partial charge is 0.240 e. The molecule has 0 aromatic heterocycles. The van der Waals surface area contributed by atoms with Gasteiger partial charge in [-0.25, -0.2) is 13.1 Å². The van der Waals surface area contributed by atoms with Gasteiger partial charge < -0.3 is 4.90 Å². The van der Waals surface area contributed by atoms with Crippen molar-refractivity contribution < 1.29 is 13.2 Å². The van der Waals surface area contributed by atoms with Gasteiger partial charge in [0.15, 0.2) is 0 Å². The molecule has 3 aromatic carbocycles. The number of amides is 1. The van der Waals surface area contributed by atoms with Crippen LogP contribution in [0.5, 0.6) is 0 Å². The van der Waals surface area contributed by atoms with Crippen LogP contribution in [-0.2, 0) is 21.4 Å². The van der Waals surface area contributed by atoms with Crippen molar-refractivity contribution >= 4 is 38.3 Å². The van der Waals surface area contributed by atoms with Gasteiger partial charge in [0, 0.05) is 31.6 Å². The van der Waals surface area contributed by atoms with Crippen LogP contribution in [0.15, 0.2) is 71.6 Å². The number of carbonyl (C=O) groups excluding carboxylic acids is 1. The molecule has 0 heterocycles. The summed E-state index contributed by atoms with van der Waals surface area (Å²) in [4.78, 5) is 14.0. The van der Waals surface area contributed by atoms with Crippen molar-refractivity contribution in [2.75, 3.05) is 13.6 Å². The van der Waals surface area contributed by atoms with E-state index >= 15 is 0 Å². The lowest BCUT2D eigenvalue weighted by molar-refractivity contribution is -0.130. The average molecular weight is 417 g/mol. The van der Waals surface area contributed by atoms with E-state index in [9.17, 15) is 13.2 Å². The highest BCUT2D eigenvalue weighted by Crippen LogP contribution is 2.19. The molecule has 0 saturated carbocycles. The summed E-state index contributed by atoms with van der Waals surface area (Å²) in [6.45, 7) is 0.400. The fourth-order valence-corrected chi connectivity index (χ4v) is 4.13. The molecule has 0 spiro atoms. The maximum Gasteiger partial charge on any atom is 0.240 e. The monoisotopic (exact) mass is 416 g/mol. The quantitative estimate of drug-likeness (QED) is 0.636. The second-order valence-corrected chi connectivity index (χ2v) is 8.67. The lowest BCUT2D eigenvalue weighted by Gasteiger charge is -2.18.